The molecule has 3 aromatic rings. The Morgan fingerprint density at radius 2 is 1.74 bits per heavy atom. The van der Waals surface area contributed by atoms with Crippen molar-refractivity contribution in [2.75, 3.05) is 5.43 Å². The third kappa shape index (κ3) is 4.32. The molecule has 0 fully saturated rings. The largest absolute Gasteiger partial charge is 0.455 e. The molecule has 0 unspecified atom stereocenters. The van der Waals surface area contributed by atoms with Gasteiger partial charge in [-0.15, -0.1) is 0 Å². The van der Waals surface area contributed by atoms with Crippen molar-refractivity contribution in [1.82, 2.24) is 0 Å². The van der Waals surface area contributed by atoms with E-state index in [0.29, 0.717) is 17.1 Å². The third-order valence-electron chi connectivity index (χ3n) is 3.60. The number of nitrogens with one attached hydrogen (secondary N) is 1. The molecule has 138 valence electrons. The summed E-state index contributed by atoms with van der Waals surface area (Å²) in [6, 6.07) is 14.0. The Hall–Kier alpha value is -3.62. The number of alkyl halides is 3. The van der Waals surface area contributed by atoms with Crippen molar-refractivity contribution in [3.63, 3.8) is 0 Å². The van der Waals surface area contributed by atoms with Gasteiger partial charge in [0.2, 0.25) is 0 Å². The van der Waals surface area contributed by atoms with Crippen molar-refractivity contribution in [2.24, 2.45) is 5.10 Å². The lowest BCUT2D eigenvalue weighted by molar-refractivity contribution is -0.384. The minimum Gasteiger partial charge on any atom is -0.455 e. The lowest BCUT2D eigenvalue weighted by Gasteiger charge is -2.11. The average molecular weight is 375 g/mol. The Bertz CT molecular complexity index is 979. The Morgan fingerprint density at radius 3 is 2.41 bits per heavy atom. The quantitative estimate of drug-likeness (QED) is 0.372. The highest BCUT2D eigenvalue weighted by Gasteiger charge is 2.33. The van der Waals surface area contributed by atoms with Gasteiger partial charge < -0.3 is 4.42 Å². The maximum atomic E-state index is 12.9. The molecule has 0 spiro atoms. The first-order valence-corrected chi connectivity index (χ1v) is 7.64. The van der Waals surface area contributed by atoms with E-state index in [4.69, 9.17) is 4.42 Å². The van der Waals surface area contributed by atoms with Crippen molar-refractivity contribution >= 4 is 17.6 Å². The number of para-hydroxylation sites is 1. The van der Waals surface area contributed by atoms with E-state index in [1.807, 2.05) is 0 Å². The third-order valence-corrected chi connectivity index (χ3v) is 3.60. The minimum absolute atomic E-state index is 0.0420. The summed E-state index contributed by atoms with van der Waals surface area (Å²) in [5.74, 6) is 0.752. The molecule has 2 aromatic carbocycles. The first-order valence-electron chi connectivity index (χ1n) is 7.64. The maximum Gasteiger partial charge on any atom is 0.418 e. The fraction of sp³-hybridized carbons (Fsp3) is 0.0556. The average Bonchev–Trinajstić information content (AvgIpc) is 3.10. The van der Waals surface area contributed by atoms with E-state index >= 15 is 0 Å². The lowest BCUT2D eigenvalue weighted by atomic mass is 10.1. The van der Waals surface area contributed by atoms with E-state index in [0.717, 1.165) is 6.07 Å². The number of hydrogen-bond acceptors (Lipinski definition) is 5. The predicted molar refractivity (Wildman–Crippen MR) is 93.5 cm³/mol. The van der Waals surface area contributed by atoms with Crippen LogP contribution in [0.5, 0.6) is 0 Å². The first kappa shape index (κ1) is 18.2. The van der Waals surface area contributed by atoms with E-state index in [9.17, 15) is 23.3 Å². The van der Waals surface area contributed by atoms with Crippen molar-refractivity contribution in [1.29, 1.82) is 0 Å². The molecule has 9 heteroatoms. The van der Waals surface area contributed by atoms with Gasteiger partial charge in [-0.05, 0) is 36.4 Å². The number of nitrogens with zero attached hydrogens (tertiary/aromatic N) is 2. The molecule has 1 aromatic heterocycles. The van der Waals surface area contributed by atoms with E-state index < -0.39 is 16.7 Å². The van der Waals surface area contributed by atoms with Crippen LogP contribution in [0, 0.1) is 10.1 Å². The van der Waals surface area contributed by atoms with Gasteiger partial charge in [0.15, 0.2) is 0 Å². The van der Waals surface area contributed by atoms with Crippen LogP contribution in [-0.2, 0) is 6.18 Å². The van der Waals surface area contributed by atoms with Gasteiger partial charge in [0, 0.05) is 17.7 Å². The van der Waals surface area contributed by atoms with Crippen LogP contribution in [-0.4, -0.2) is 11.1 Å². The van der Waals surface area contributed by atoms with Crippen LogP contribution in [0.2, 0.25) is 0 Å². The van der Waals surface area contributed by atoms with Crippen LogP contribution in [0.4, 0.5) is 24.5 Å². The highest BCUT2D eigenvalue weighted by molar-refractivity contribution is 5.78. The van der Waals surface area contributed by atoms with Crippen LogP contribution in [0.25, 0.3) is 11.3 Å². The SMILES string of the molecule is O=[N+]([O-])c1ccc(-c2ccc(C=NNc3ccccc3C(F)(F)F)o2)cc1. The molecule has 0 atom stereocenters. The van der Waals surface area contributed by atoms with Crippen LogP contribution in [0.3, 0.4) is 0 Å². The van der Waals surface area contributed by atoms with Crippen LogP contribution >= 0.6 is 0 Å². The molecule has 0 saturated carbocycles. The molecule has 1 heterocycles. The number of nitro groups is 1. The molecule has 6 nitrogen and oxygen atoms in total. The number of anilines is 1. The summed E-state index contributed by atoms with van der Waals surface area (Å²) in [4.78, 5) is 10.2. The Morgan fingerprint density at radius 1 is 1.04 bits per heavy atom. The molecule has 0 amide bonds. The summed E-state index contributed by atoms with van der Waals surface area (Å²) >= 11 is 0. The number of furan rings is 1. The van der Waals surface area contributed by atoms with Crippen molar-refractivity contribution in [2.45, 2.75) is 6.18 Å². The molecule has 0 bridgehead atoms. The standard InChI is InChI=1S/C18H12F3N3O3/c19-18(20,21)15-3-1-2-4-16(15)23-22-11-14-9-10-17(27-14)12-5-7-13(8-6-12)24(25)26/h1-11,23H. The Balaban J connectivity index is 1.72. The molecule has 27 heavy (non-hydrogen) atoms. The van der Waals surface area contributed by atoms with Gasteiger partial charge in [-0.2, -0.15) is 18.3 Å². The van der Waals surface area contributed by atoms with E-state index in [2.05, 4.69) is 10.5 Å². The molecule has 0 saturated heterocycles. The van der Waals surface area contributed by atoms with Gasteiger partial charge in [-0.25, -0.2) is 0 Å². The van der Waals surface area contributed by atoms with Gasteiger partial charge in [-0.1, -0.05) is 12.1 Å². The fourth-order valence-corrected chi connectivity index (χ4v) is 2.32. The highest BCUT2D eigenvalue weighted by atomic mass is 19.4. The summed E-state index contributed by atoms with van der Waals surface area (Å²) in [5, 5.41) is 14.4. The second kappa shape index (κ2) is 7.32. The molecule has 0 radical (unpaired) electrons. The van der Waals surface area contributed by atoms with Gasteiger partial charge in [-0.3, -0.25) is 15.5 Å². The highest BCUT2D eigenvalue weighted by Crippen LogP contribution is 2.34. The summed E-state index contributed by atoms with van der Waals surface area (Å²) in [5.41, 5.74) is 1.93. The molecular formula is C18H12F3N3O3. The van der Waals surface area contributed by atoms with Crippen molar-refractivity contribution < 1.29 is 22.5 Å². The van der Waals surface area contributed by atoms with Gasteiger partial charge in [0.1, 0.15) is 11.5 Å². The van der Waals surface area contributed by atoms with Crippen LogP contribution in [0.1, 0.15) is 11.3 Å². The van der Waals surface area contributed by atoms with Crippen LogP contribution < -0.4 is 5.43 Å². The number of hydrogen-bond donors (Lipinski definition) is 1. The topological polar surface area (TPSA) is 80.7 Å². The second-order valence-corrected chi connectivity index (χ2v) is 5.42. The van der Waals surface area contributed by atoms with Gasteiger partial charge in [0.05, 0.1) is 22.4 Å². The first-order chi connectivity index (χ1) is 12.8. The van der Waals surface area contributed by atoms with E-state index in [1.165, 1.54) is 48.7 Å². The number of halogens is 3. The minimum atomic E-state index is -4.49. The Kier molecular flexibility index (Phi) is 4.93. The zero-order valence-electron chi connectivity index (χ0n) is 13.6. The van der Waals surface area contributed by atoms with Gasteiger partial charge in [0.25, 0.3) is 5.69 Å². The summed E-state index contributed by atoms with van der Waals surface area (Å²) < 4.78 is 44.3. The number of hydrazone groups is 1. The zero-order chi connectivity index (χ0) is 19.4. The maximum absolute atomic E-state index is 12.9. The normalized spacial score (nSPS) is 11.7. The number of benzene rings is 2. The zero-order valence-corrected chi connectivity index (χ0v) is 13.6. The van der Waals surface area contributed by atoms with Crippen LogP contribution in [0.15, 0.2) is 70.2 Å². The van der Waals surface area contributed by atoms with E-state index in [1.54, 1.807) is 12.1 Å². The second-order valence-electron chi connectivity index (χ2n) is 5.42. The van der Waals surface area contributed by atoms with Gasteiger partial charge >= 0.3 is 6.18 Å². The summed E-state index contributed by atoms with van der Waals surface area (Å²) in [6.45, 7) is 0. The summed E-state index contributed by atoms with van der Waals surface area (Å²) in [6.07, 6.45) is -3.26. The number of nitro benzene ring substituents is 1. The molecule has 3 rings (SSSR count). The predicted octanol–water partition coefficient (Wildman–Crippen LogP) is 5.32. The van der Waals surface area contributed by atoms with Crippen molar-refractivity contribution in [3.8, 4) is 11.3 Å². The molecule has 0 aliphatic rings. The number of non-ortho nitro benzene ring substituents is 1. The molecule has 1 N–H and O–H groups in total. The lowest BCUT2D eigenvalue weighted by Crippen LogP contribution is -2.08. The molecular weight excluding hydrogens is 363 g/mol. The fourth-order valence-electron chi connectivity index (χ4n) is 2.32. The molecule has 0 aliphatic heterocycles. The van der Waals surface area contributed by atoms with E-state index in [-0.39, 0.29) is 11.4 Å². The monoisotopic (exact) mass is 375 g/mol. The Labute approximate surface area is 151 Å². The molecule has 0 aliphatic carbocycles. The smallest absolute Gasteiger partial charge is 0.418 e. The summed E-state index contributed by atoms with van der Waals surface area (Å²) in [7, 11) is 0. The van der Waals surface area contributed by atoms with Crippen molar-refractivity contribution in [3.05, 3.63) is 82.1 Å². The number of rotatable bonds is 5.